The van der Waals surface area contributed by atoms with Crippen LogP contribution in [0.15, 0.2) is 47.2 Å². The molecule has 5 nitrogen and oxygen atoms in total. The van der Waals surface area contributed by atoms with Gasteiger partial charge in [0.1, 0.15) is 0 Å². The number of amides is 1. The van der Waals surface area contributed by atoms with Crippen molar-refractivity contribution < 1.29 is 9.21 Å². The molecule has 0 atom stereocenters. The Hall–Kier alpha value is -2.53. The molecule has 3 heterocycles. The molecule has 3 aromatic rings. The second-order valence-corrected chi connectivity index (χ2v) is 9.05. The number of piperidine rings is 1. The van der Waals surface area contributed by atoms with E-state index in [-0.39, 0.29) is 5.91 Å². The van der Waals surface area contributed by atoms with Gasteiger partial charge in [0.2, 0.25) is 0 Å². The van der Waals surface area contributed by atoms with Crippen molar-refractivity contribution in [3.63, 3.8) is 0 Å². The Kier molecular flexibility index (Phi) is 5.02. The summed E-state index contributed by atoms with van der Waals surface area (Å²) in [6, 6.07) is 9.42. The molecule has 0 aliphatic carbocycles. The van der Waals surface area contributed by atoms with Gasteiger partial charge in [0, 0.05) is 29.3 Å². The number of carbonyl (C=O) groups excluding carboxylic acids is 1. The number of hydrogen-bond acceptors (Lipinski definition) is 3. The Morgan fingerprint density at radius 1 is 1.25 bits per heavy atom. The third-order valence-corrected chi connectivity index (χ3v) is 5.44. The van der Waals surface area contributed by atoms with E-state index in [9.17, 15) is 4.79 Å². The molecule has 1 aliphatic heterocycles. The second-order valence-electron chi connectivity index (χ2n) is 9.05. The number of hydrogen-bond donors (Lipinski definition) is 2. The van der Waals surface area contributed by atoms with Crippen molar-refractivity contribution in [3.8, 4) is 0 Å². The Morgan fingerprint density at radius 2 is 2.04 bits per heavy atom. The molecule has 5 heteroatoms. The fraction of sp³-hybridized carbons (Fsp3) is 0.435. The molecule has 148 valence electrons. The molecule has 1 fully saturated rings. The lowest BCUT2D eigenvalue weighted by Crippen LogP contribution is -2.38. The number of carbonyl (C=O) groups is 1. The highest BCUT2D eigenvalue weighted by atomic mass is 16.3. The minimum atomic E-state index is -0.225. The SMILES string of the molecule is CC(C)(C)CN1CCC(c2c[nH]c3ccc(NC(=O)c4ccco4)cc23)CC1. The number of fused-ring (bicyclic) bond motifs is 1. The van der Waals surface area contributed by atoms with E-state index in [2.05, 4.69) is 48.2 Å². The number of nitrogens with one attached hydrogen (secondary N) is 2. The van der Waals surface area contributed by atoms with E-state index < -0.39 is 0 Å². The number of rotatable bonds is 4. The zero-order valence-electron chi connectivity index (χ0n) is 16.9. The maximum atomic E-state index is 12.3. The first kappa shape index (κ1) is 18.8. The Bertz CT molecular complexity index is 942. The molecule has 0 radical (unpaired) electrons. The van der Waals surface area contributed by atoms with Crippen LogP contribution in [0.5, 0.6) is 0 Å². The van der Waals surface area contributed by atoms with E-state index in [4.69, 9.17) is 4.42 Å². The van der Waals surface area contributed by atoms with Crippen LogP contribution in [0.3, 0.4) is 0 Å². The molecule has 0 bridgehead atoms. The van der Waals surface area contributed by atoms with Crippen molar-refractivity contribution in [3.05, 3.63) is 54.1 Å². The number of aromatic amines is 1. The third kappa shape index (κ3) is 4.14. The topological polar surface area (TPSA) is 61.3 Å². The molecule has 1 aromatic carbocycles. The number of aromatic nitrogens is 1. The summed E-state index contributed by atoms with van der Waals surface area (Å²) in [5.41, 5.74) is 3.61. The van der Waals surface area contributed by atoms with Crippen LogP contribution in [0, 0.1) is 5.41 Å². The van der Waals surface area contributed by atoms with E-state index in [1.165, 1.54) is 30.1 Å². The second kappa shape index (κ2) is 7.47. The van der Waals surface area contributed by atoms with Crippen molar-refractivity contribution in [2.75, 3.05) is 25.0 Å². The summed E-state index contributed by atoms with van der Waals surface area (Å²) in [6.45, 7) is 10.3. The maximum absolute atomic E-state index is 12.3. The molecule has 0 unspecified atom stereocenters. The maximum Gasteiger partial charge on any atom is 0.291 e. The number of anilines is 1. The lowest BCUT2D eigenvalue weighted by Gasteiger charge is -2.36. The summed E-state index contributed by atoms with van der Waals surface area (Å²) in [5.74, 6) is 0.651. The molecule has 0 saturated carbocycles. The van der Waals surface area contributed by atoms with E-state index in [0.717, 1.165) is 30.8 Å². The Morgan fingerprint density at radius 3 is 2.71 bits per heavy atom. The first-order valence-corrected chi connectivity index (χ1v) is 10.1. The van der Waals surface area contributed by atoms with Gasteiger partial charge in [-0.05, 0) is 73.2 Å². The van der Waals surface area contributed by atoms with Crippen LogP contribution in [0.1, 0.15) is 55.6 Å². The van der Waals surface area contributed by atoms with Gasteiger partial charge in [-0.3, -0.25) is 4.79 Å². The van der Waals surface area contributed by atoms with Gasteiger partial charge in [-0.15, -0.1) is 0 Å². The summed E-state index contributed by atoms with van der Waals surface area (Å²) >= 11 is 0. The number of nitrogens with zero attached hydrogens (tertiary/aromatic N) is 1. The highest BCUT2D eigenvalue weighted by Gasteiger charge is 2.25. The number of benzene rings is 1. The van der Waals surface area contributed by atoms with Crippen molar-refractivity contribution in [2.24, 2.45) is 5.41 Å². The number of likely N-dealkylation sites (tertiary alicyclic amines) is 1. The largest absolute Gasteiger partial charge is 0.459 e. The Labute approximate surface area is 166 Å². The number of H-pyrrole nitrogens is 1. The molecular formula is C23H29N3O2. The van der Waals surface area contributed by atoms with Crippen LogP contribution in [0.25, 0.3) is 10.9 Å². The standard InChI is InChI=1S/C23H29N3O2/c1-23(2,3)15-26-10-8-16(9-11-26)19-14-24-20-7-6-17(13-18(19)20)25-22(27)21-5-4-12-28-21/h4-7,12-14,16,24H,8-11,15H2,1-3H3,(H,25,27). The third-order valence-electron chi connectivity index (χ3n) is 5.44. The first-order chi connectivity index (χ1) is 13.4. The van der Waals surface area contributed by atoms with Crippen LogP contribution in [0.4, 0.5) is 5.69 Å². The zero-order chi connectivity index (χ0) is 19.7. The van der Waals surface area contributed by atoms with Gasteiger partial charge >= 0.3 is 0 Å². The summed E-state index contributed by atoms with van der Waals surface area (Å²) in [5, 5.41) is 4.13. The summed E-state index contributed by atoms with van der Waals surface area (Å²) in [4.78, 5) is 18.2. The fourth-order valence-corrected chi connectivity index (χ4v) is 4.23. The molecular weight excluding hydrogens is 350 g/mol. The average Bonchev–Trinajstić information content (AvgIpc) is 3.31. The lowest BCUT2D eigenvalue weighted by molar-refractivity contribution is 0.0996. The average molecular weight is 380 g/mol. The van der Waals surface area contributed by atoms with Gasteiger partial charge in [-0.1, -0.05) is 20.8 Å². The van der Waals surface area contributed by atoms with Crippen LogP contribution in [0.2, 0.25) is 0 Å². The quantitative estimate of drug-likeness (QED) is 0.652. The smallest absolute Gasteiger partial charge is 0.291 e. The van der Waals surface area contributed by atoms with Crippen LogP contribution < -0.4 is 5.32 Å². The van der Waals surface area contributed by atoms with Crippen molar-refractivity contribution in [2.45, 2.75) is 39.5 Å². The molecule has 4 rings (SSSR count). The monoisotopic (exact) mass is 379 g/mol. The normalized spacial score (nSPS) is 16.5. The van der Waals surface area contributed by atoms with Crippen LogP contribution >= 0.6 is 0 Å². The predicted octanol–water partition coefficient (Wildman–Crippen LogP) is 5.24. The van der Waals surface area contributed by atoms with Crippen molar-refractivity contribution >= 4 is 22.5 Å². The van der Waals surface area contributed by atoms with Gasteiger partial charge in [-0.25, -0.2) is 0 Å². The minimum Gasteiger partial charge on any atom is -0.459 e. The lowest BCUT2D eigenvalue weighted by atomic mass is 9.87. The molecule has 0 spiro atoms. The van der Waals surface area contributed by atoms with Gasteiger partial charge in [0.25, 0.3) is 5.91 Å². The van der Waals surface area contributed by atoms with Crippen LogP contribution in [-0.2, 0) is 0 Å². The molecule has 28 heavy (non-hydrogen) atoms. The highest BCUT2D eigenvalue weighted by molar-refractivity contribution is 6.03. The molecule has 2 aromatic heterocycles. The molecule has 2 N–H and O–H groups in total. The number of furan rings is 1. The Balaban J connectivity index is 1.49. The van der Waals surface area contributed by atoms with E-state index in [1.54, 1.807) is 12.1 Å². The summed E-state index contributed by atoms with van der Waals surface area (Å²) in [7, 11) is 0. The van der Waals surface area contributed by atoms with Crippen molar-refractivity contribution in [1.82, 2.24) is 9.88 Å². The highest BCUT2D eigenvalue weighted by Crippen LogP contribution is 2.35. The predicted molar refractivity (Wildman–Crippen MR) is 113 cm³/mol. The van der Waals surface area contributed by atoms with Gasteiger partial charge in [0.05, 0.1) is 6.26 Å². The van der Waals surface area contributed by atoms with E-state index in [0.29, 0.717) is 17.1 Å². The van der Waals surface area contributed by atoms with Crippen molar-refractivity contribution in [1.29, 1.82) is 0 Å². The zero-order valence-corrected chi connectivity index (χ0v) is 16.9. The molecule has 1 aliphatic rings. The minimum absolute atomic E-state index is 0.225. The fourth-order valence-electron chi connectivity index (χ4n) is 4.23. The van der Waals surface area contributed by atoms with E-state index >= 15 is 0 Å². The van der Waals surface area contributed by atoms with E-state index in [1.807, 2.05) is 12.1 Å². The van der Waals surface area contributed by atoms with Gasteiger partial charge < -0.3 is 19.6 Å². The van der Waals surface area contributed by atoms with Crippen LogP contribution in [-0.4, -0.2) is 35.4 Å². The summed E-state index contributed by atoms with van der Waals surface area (Å²) < 4.78 is 5.18. The van der Waals surface area contributed by atoms with Gasteiger partial charge in [-0.2, -0.15) is 0 Å². The molecule has 1 saturated heterocycles. The molecule has 1 amide bonds. The first-order valence-electron chi connectivity index (χ1n) is 10.1. The van der Waals surface area contributed by atoms with Gasteiger partial charge in [0.15, 0.2) is 5.76 Å². The summed E-state index contributed by atoms with van der Waals surface area (Å²) in [6.07, 6.45) is 6.00.